The Morgan fingerprint density at radius 3 is 2.39 bits per heavy atom. The lowest BCUT2D eigenvalue weighted by molar-refractivity contribution is 0.0953. The molecule has 1 unspecified atom stereocenters. The SMILES string of the molecule is COc1ccc(C(=O)NCC(c2cccnc2)S(=O)(=O)c2ccc(Cl)cc2)cc1OC. The van der Waals surface area contributed by atoms with Crippen LogP contribution in [0, 0.1) is 0 Å². The predicted octanol–water partition coefficient (Wildman–Crippen LogP) is 3.70. The molecule has 1 amide bonds. The van der Waals surface area contributed by atoms with E-state index in [4.69, 9.17) is 21.1 Å². The Hall–Kier alpha value is -3.10. The summed E-state index contributed by atoms with van der Waals surface area (Å²) >= 11 is 5.89. The standard InChI is InChI=1S/C22H21ClN2O5S/c1-29-19-10-5-15(12-20(19)30-2)22(26)25-14-21(16-4-3-11-24-13-16)31(27,28)18-8-6-17(23)7-9-18/h3-13,21H,14H2,1-2H3,(H,25,26). The fourth-order valence-corrected chi connectivity index (χ4v) is 4.80. The van der Waals surface area contributed by atoms with Crippen LogP contribution in [0.25, 0.3) is 0 Å². The number of nitrogens with zero attached hydrogens (tertiary/aromatic N) is 1. The lowest BCUT2D eigenvalue weighted by Gasteiger charge is -2.19. The number of aromatic nitrogens is 1. The van der Waals surface area contributed by atoms with E-state index >= 15 is 0 Å². The minimum Gasteiger partial charge on any atom is -0.493 e. The zero-order chi connectivity index (χ0) is 22.4. The van der Waals surface area contributed by atoms with E-state index in [2.05, 4.69) is 10.3 Å². The average molecular weight is 461 g/mol. The van der Waals surface area contributed by atoms with Crippen molar-refractivity contribution in [1.82, 2.24) is 10.3 Å². The van der Waals surface area contributed by atoms with Crippen molar-refractivity contribution >= 4 is 27.3 Å². The first-order valence-electron chi connectivity index (χ1n) is 9.26. The molecule has 0 radical (unpaired) electrons. The largest absolute Gasteiger partial charge is 0.493 e. The molecule has 1 heterocycles. The Morgan fingerprint density at radius 2 is 1.77 bits per heavy atom. The highest BCUT2D eigenvalue weighted by Crippen LogP contribution is 2.30. The van der Waals surface area contributed by atoms with Crippen molar-refractivity contribution in [2.45, 2.75) is 10.1 Å². The number of carbonyl (C=O) groups is 1. The number of sulfone groups is 1. The number of pyridine rings is 1. The lowest BCUT2D eigenvalue weighted by atomic mass is 10.1. The Morgan fingerprint density at radius 1 is 1.06 bits per heavy atom. The molecule has 0 saturated heterocycles. The van der Waals surface area contributed by atoms with E-state index in [9.17, 15) is 13.2 Å². The quantitative estimate of drug-likeness (QED) is 0.550. The molecule has 1 atom stereocenters. The summed E-state index contributed by atoms with van der Waals surface area (Å²) in [6.45, 7) is -0.149. The first kappa shape index (κ1) is 22.6. The lowest BCUT2D eigenvalue weighted by Crippen LogP contribution is -2.32. The summed E-state index contributed by atoms with van der Waals surface area (Å²) in [6.07, 6.45) is 3.03. The smallest absolute Gasteiger partial charge is 0.251 e. The molecule has 0 fully saturated rings. The molecule has 2 aromatic carbocycles. The van der Waals surface area contributed by atoms with Crippen LogP contribution in [0.1, 0.15) is 21.2 Å². The van der Waals surface area contributed by atoms with Gasteiger partial charge < -0.3 is 14.8 Å². The first-order valence-corrected chi connectivity index (χ1v) is 11.2. The predicted molar refractivity (Wildman–Crippen MR) is 117 cm³/mol. The number of amides is 1. The van der Waals surface area contributed by atoms with Crippen LogP contribution in [0.5, 0.6) is 11.5 Å². The second-order valence-corrected chi connectivity index (χ2v) is 9.12. The Kier molecular flexibility index (Phi) is 7.14. The van der Waals surface area contributed by atoms with Gasteiger partial charge in [-0.1, -0.05) is 17.7 Å². The van der Waals surface area contributed by atoms with Crippen LogP contribution in [0.15, 0.2) is 71.9 Å². The molecule has 31 heavy (non-hydrogen) atoms. The number of halogens is 1. The molecule has 1 aromatic heterocycles. The summed E-state index contributed by atoms with van der Waals surface area (Å²) < 4.78 is 37.0. The molecule has 9 heteroatoms. The van der Waals surface area contributed by atoms with Crippen molar-refractivity contribution in [1.29, 1.82) is 0 Å². The molecule has 0 aliphatic rings. The molecular formula is C22H21ClN2O5S. The summed E-state index contributed by atoms with van der Waals surface area (Å²) in [5.74, 6) is 0.437. The number of hydrogen-bond donors (Lipinski definition) is 1. The molecule has 3 aromatic rings. The van der Waals surface area contributed by atoms with Gasteiger partial charge in [0.1, 0.15) is 5.25 Å². The van der Waals surface area contributed by atoms with Gasteiger partial charge in [0.05, 0.1) is 19.1 Å². The third kappa shape index (κ3) is 5.15. The molecular weight excluding hydrogens is 440 g/mol. The maximum absolute atomic E-state index is 13.3. The third-order valence-electron chi connectivity index (χ3n) is 4.67. The normalized spacial score (nSPS) is 12.1. The van der Waals surface area contributed by atoms with Gasteiger partial charge in [-0.2, -0.15) is 0 Å². The van der Waals surface area contributed by atoms with E-state index in [1.54, 1.807) is 30.5 Å². The Balaban J connectivity index is 1.88. The monoisotopic (exact) mass is 460 g/mol. The van der Waals surface area contributed by atoms with E-state index in [-0.39, 0.29) is 11.4 Å². The number of benzene rings is 2. The fourth-order valence-electron chi connectivity index (χ4n) is 3.03. The van der Waals surface area contributed by atoms with E-state index in [0.717, 1.165) is 0 Å². The fraction of sp³-hybridized carbons (Fsp3) is 0.182. The van der Waals surface area contributed by atoms with Gasteiger partial charge in [-0.15, -0.1) is 0 Å². The van der Waals surface area contributed by atoms with Gasteiger partial charge in [0.15, 0.2) is 21.3 Å². The van der Waals surface area contributed by atoms with Crippen LogP contribution in [0.3, 0.4) is 0 Å². The minimum atomic E-state index is -3.83. The van der Waals surface area contributed by atoms with Crippen molar-refractivity contribution in [3.63, 3.8) is 0 Å². The van der Waals surface area contributed by atoms with Crippen molar-refractivity contribution in [3.8, 4) is 11.5 Å². The zero-order valence-corrected chi connectivity index (χ0v) is 18.5. The maximum atomic E-state index is 13.3. The van der Waals surface area contributed by atoms with Crippen molar-refractivity contribution < 1.29 is 22.7 Å². The molecule has 1 N–H and O–H groups in total. The second-order valence-electron chi connectivity index (χ2n) is 6.55. The molecule has 0 saturated carbocycles. The number of nitrogens with one attached hydrogen (secondary N) is 1. The minimum absolute atomic E-state index is 0.103. The molecule has 0 spiro atoms. The van der Waals surface area contributed by atoms with Gasteiger partial charge in [-0.25, -0.2) is 8.42 Å². The van der Waals surface area contributed by atoms with Crippen LogP contribution in [-0.2, 0) is 9.84 Å². The van der Waals surface area contributed by atoms with Crippen molar-refractivity contribution in [2.24, 2.45) is 0 Å². The molecule has 3 rings (SSSR count). The number of ether oxygens (including phenoxy) is 2. The zero-order valence-electron chi connectivity index (χ0n) is 16.9. The maximum Gasteiger partial charge on any atom is 0.251 e. The highest BCUT2D eigenvalue weighted by Gasteiger charge is 2.30. The topological polar surface area (TPSA) is 94.6 Å². The van der Waals surface area contributed by atoms with Gasteiger partial charge in [0, 0.05) is 29.5 Å². The number of carbonyl (C=O) groups excluding carboxylic acids is 1. The van der Waals surface area contributed by atoms with Gasteiger partial charge in [-0.05, 0) is 54.1 Å². The van der Waals surface area contributed by atoms with Crippen LogP contribution >= 0.6 is 11.6 Å². The van der Waals surface area contributed by atoms with E-state index < -0.39 is 21.0 Å². The van der Waals surface area contributed by atoms with Crippen molar-refractivity contribution in [3.05, 3.63) is 83.1 Å². The molecule has 0 aliphatic heterocycles. The summed E-state index contributed by atoms with van der Waals surface area (Å²) in [5.41, 5.74) is 0.775. The number of hydrogen-bond acceptors (Lipinski definition) is 6. The van der Waals surface area contributed by atoms with Crippen molar-refractivity contribution in [2.75, 3.05) is 20.8 Å². The number of rotatable bonds is 8. The van der Waals surface area contributed by atoms with Crippen LogP contribution < -0.4 is 14.8 Å². The average Bonchev–Trinajstić information content (AvgIpc) is 2.79. The third-order valence-corrected chi connectivity index (χ3v) is 7.04. The Bertz CT molecular complexity index is 1150. The summed E-state index contributed by atoms with van der Waals surface area (Å²) in [4.78, 5) is 16.8. The summed E-state index contributed by atoms with van der Waals surface area (Å²) in [6, 6.07) is 13.9. The van der Waals surface area contributed by atoms with Gasteiger partial charge in [0.25, 0.3) is 5.91 Å². The molecule has 0 aliphatic carbocycles. The molecule has 162 valence electrons. The van der Waals surface area contributed by atoms with Crippen LogP contribution in [0.2, 0.25) is 5.02 Å². The van der Waals surface area contributed by atoms with Crippen LogP contribution in [0.4, 0.5) is 0 Å². The molecule has 7 nitrogen and oxygen atoms in total. The highest BCUT2D eigenvalue weighted by atomic mass is 35.5. The van der Waals surface area contributed by atoms with E-state index in [1.165, 1.54) is 50.7 Å². The Labute approximate surface area is 185 Å². The van der Waals surface area contributed by atoms with Gasteiger partial charge in [-0.3, -0.25) is 9.78 Å². The summed E-state index contributed by atoms with van der Waals surface area (Å²) in [7, 11) is -0.864. The second kappa shape index (κ2) is 9.80. The van der Waals surface area contributed by atoms with Gasteiger partial charge in [0.2, 0.25) is 0 Å². The molecule has 0 bridgehead atoms. The van der Waals surface area contributed by atoms with Crippen LogP contribution in [-0.4, -0.2) is 40.1 Å². The van der Waals surface area contributed by atoms with E-state index in [0.29, 0.717) is 27.6 Å². The van der Waals surface area contributed by atoms with Gasteiger partial charge >= 0.3 is 0 Å². The highest BCUT2D eigenvalue weighted by molar-refractivity contribution is 7.91. The van der Waals surface area contributed by atoms with E-state index in [1.807, 2.05) is 0 Å². The summed E-state index contributed by atoms with van der Waals surface area (Å²) in [5, 5.41) is 2.10. The number of methoxy groups -OCH3 is 2. The first-order chi connectivity index (χ1) is 14.9.